The van der Waals surface area contributed by atoms with Crippen molar-refractivity contribution in [2.45, 2.75) is 37.9 Å². The molecule has 5 rings (SSSR count). The van der Waals surface area contributed by atoms with Crippen LogP contribution in [-0.2, 0) is 4.79 Å². The maximum Gasteiger partial charge on any atom is 0.234 e. The molecule has 1 fully saturated rings. The first-order chi connectivity index (χ1) is 14.6. The molecular formula is C23H23N5OS. The number of nitrogens with one attached hydrogen (secondary N) is 2. The Bertz CT molecular complexity index is 1220. The Morgan fingerprint density at radius 1 is 1.17 bits per heavy atom. The predicted octanol–water partition coefficient (Wildman–Crippen LogP) is 5.11. The van der Waals surface area contributed by atoms with Crippen molar-refractivity contribution in [1.82, 2.24) is 19.7 Å². The Labute approximate surface area is 179 Å². The second-order valence-corrected chi connectivity index (χ2v) is 8.81. The van der Waals surface area contributed by atoms with Gasteiger partial charge in [0.15, 0.2) is 11.0 Å². The lowest BCUT2D eigenvalue weighted by Gasteiger charge is -2.09. The predicted molar refractivity (Wildman–Crippen MR) is 121 cm³/mol. The number of anilines is 1. The fourth-order valence-corrected chi connectivity index (χ4v) is 4.66. The van der Waals surface area contributed by atoms with Gasteiger partial charge in [0.25, 0.3) is 0 Å². The van der Waals surface area contributed by atoms with Gasteiger partial charge in [-0.2, -0.15) is 0 Å². The summed E-state index contributed by atoms with van der Waals surface area (Å²) in [5, 5.41) is 13.9. The monoisotopic (exact) mass is 417 g/mol. The van der Waals surface area contributed by atoms with E-state index in [1.54, 1.807) is 0 Å². The highest BCUT2D eigenvalue weighted by atomic mass is 32.2. The molecule has 0 saturated heterocycles. The maximum atomic E-state index is 12.5. The van der Waals surface area contributed by atoms with E-state index in [9.17, 15) is 4.79 Å². The number of aromatic amines is 1. The highest BCUT2D eigenvalue weighted by molar-refractivity contribution is 7.99. The molecule has 7 heteroatoms. The molecule has 152 valence electrons. The number of carbonyl (C=O) groups excluding carboxylic acids is 1. The molecule has 30 heavy (non-hydrogen) atoms. The SMILES string of the molecule is Cc1cc(C)cc(NC(=O)CSc2nnc(-c3c[nH]c4ccccc34)n2C2CC2)c1. The molecule has 0 spiro atoms. The second kappa shape index (κ2) is 7.65. The molecule has 2 N–H and O–H groups in total. The molecule has 1 aliphatic rings. The van der Waals surface area contributed by atoms with Crippen molar-refractivity contribution in [1.29, 1.82) is 0 Å². The first kappa shape index (κ1) is 18.9. The Balaban J connectivity index is 1.36. The average Bonchev–Trinajstić information content (AvgIpc) is 3.31. The van der Waals surface area contributed by atoms with Crippen LogP contribution >= 0.6 is 11.8 Å². The highest BCUT2D eigenvalue weighted by Crippen LogP contribution is 2.42. The normalized spacial score (nSPS) is 13.7. The Morgan fingerprint density at radius 2 is 1.93 bits per heavy atom. The van der Waals surface area contributed by atoms with E-state index in [-0.39, 0.29) is 5.91 Å². The molecule has 1 saturated carbocycles. The maximum absolute atomic E-state index is 12.5. The average molecular weight is 418 g/mol. The van der Waals surface area contributed by atoms with Crippen LogP contribution < -0.4 is 5.32 Å². The number of amides is 1. The first-order valence-corrected chi connectivity index (χ1v) is 11.1. The van der Waals surface area contributed by atoms with Crippen LogP contribution in [0.15, 0.2) is 53.8 Å². The van der Waals surface area contributed by atoms with Gasteiger partial charge in [-0.05, 0) is 56.0 Å². The van der Waals surface area contributed by atoms with Crippen molar-refractivity contribution in [3.8, 4) is 11.4 Å². The summed E-state index contributed by atoms with van der Waals surface area (Å²) in [6, 6.07) is 14.7. The number of thioether (sulfide) groups is 1. The van der Waals surface area contributed by atoms with Crippen LogP contribution in [0, 0.1) is 13.8 Å². The van der Waals surface area contributed by atoms with Gasteiger partial charge in [-0.3, -0.25) is 9.36 Å². The summed E-state index contributed by atoms with van der Waals surface area (Å²) in [4.78, 5) is 15.8. The van der Waals surface area contributed by atoms with Crippen molar-refractivity contribution in [3.63, 3.8) is 0 Å². The molecule has 1 amide bonds. The van der Waals surface area contributed by atoms with Crippen LogP contribution in [0.3, 0.4) is 0 Å². The smallest absolute Gasteiger partial charge is 0.234 e. The zero-order chi connectivity index (χ0) is 20.7. The molecule has 2 aromatic heterocycles. The van der Waals surface area contributed by atoms with Gasteiger partial charge >= 0.3 is 0 Å². The van der Waals surface area contributed by atoms with Crippen molar-refractivity contribution < 1.29 is 4.79 Å². The number of aromatic nitrogens is 4. The molecule has 4 aromatic rings. The molecular weight excluding hydrogens is 394 g/mol. The molecule has 2 heterocycles. The van der Waals surface area contributed by atoms with Gasteiger partial charge < -0.3 is 10.3 Å². The zero-order valence-corrected chi connectivity index (χ0v) is 17.8. The lowest BCUT2D eigenvalue weighted by atomic mass is 10.1. The van der Waals surface area contributed by atoms with Gasteiger partial charge in [0, 0.05) is 34.4 Å². The Kier molecular flexibility index (Phi) is 4.83. The summed E-state index contributed by atoms with van der Waals surface area (Å²) in [5.41, 5.74) is 5.24. The highest BCUT2D eigenvalue weighted by Gasteiger charge is 2.31. The van der Waals surface area contributed by atoms with Crippen LogP contribution in [-0.4, -0.2) is 31.4 Å². The minimum absolute atomic E-state index is 0.0380. The number of carbonyl (C=O) groups is 1. The number of H-pyrrole nitrogens is 1. The van der Waals surface area contributed by atoms with E-state index in [0.29, 0.717) is 11.8 Å². The minimum Gasteiger partial charge on any atom is -0.360 e. The molecule has 1 aliphatic carbocycles. The van der Waals surface area contributed by atoms with Crippen LogP contribution in [0.25, 0.3) is 22.3 Å². The number of benzene rings is 2. The summed E-state index contributed by atoms with van der Waals surface area (Å²) in [6.45, 7) is 4.06. The van der Waals surface area contributed by atoms with Crippen LogP contribution in [0.4, 0.5) is 5.69 Å². The van der Waals surface area contributed by atoms with Crippen LogP contribution in [0.1, 0.15) is 30.0 Å². The Hall–Kier alpha value is -3.06. The molecule has 0 aliphatic heterocycles. The van der Waals surface area contributed by atoms with E-state index in [1.807, 2.05) is 44.3 Å². The first-order valence-electron chi connectivity index (χ1n) is 10.1. The van der Waals surface area contributed by atoms with E-state index >= 15 is 0 Å². The number of rotatable bonds is 6. The van der Waals surface area contributed by atoms with Crippen molar-refractivity contribution in [2.75, 3.05) is 11.1 Å². The summed E-state index contributed by atoms with van der Waals surface area (Å²) >= 11 is 1.44. The second-order valence-electron chi connectivity index (χ2n) is 7.87. The van der Waals surface area contributed by atoms with Crippen molar-refractivity contribution >= 4 is 34.3 Å². The molecule has 2 aromatic carbocycles. The summed E-state index contributed by atoms with van der Waals surface area (Å²) in [6.07, 6.45) is 4.24. The Morgan fingerprint density at radius 3 is 2.70 bits per heavy atom. The van der Waals surface area contributed by atoms with Gasteiger partial charge in [-0.25, -0.2) is 0 Å². The van der Waals surface area contributed by atoms with E-state index in [1.165, 1.54) is 11.8 Å². The van der Waals surface area contributed by atoms with Crippen molar-refractivity contribution in [3.05, 3.63) is 59.8 Å². The van der Waals surface area contributed by atoms with Crippen LogP contribution in [0.5, 0.6) is 0 Å². The topological polar surface area (TPSA) is 75.6 Å². The van der Waals surface area contributed by atoms with Crippen LogP contribution in [0.2, 0.25) is 0 Å². The van der Waals surface area contributed by atoms with E-state index in [2.05, 4.69) is 43.3 Å². The minimum atomic E-state index is -0.0380. The third-order valence-electron chi connectivity index (χ3n) is 5.24. The lowest BCUT2D eigenvalue weighted by molar-refractivity contribution is -0.113. The fourth-order valence-electron chi connectivity index (χ4n) is 3.85. The largest absolute Gasteiger partial charge is 0.360 e. The van der Waals surface area contributed by atoms with E-state index in [0.717, 1.165) is 57.1 Å². The summed E-state index contributed by atoms with van der Waals surface area (Å²) in [5.74, 6) is 1.13. The van der Waals surface area contributed by atoms with Gasteiger partial charge in [0.2, 0.25) is 5.91 Å². The van der Waals surface area contributed by atoms with Gasteiger partial charge in [-0.1, -0.05) is 36.0 Å². The molecule has 6 nitrogen and oxygen atoms in total. The third kappa shape index (κ3) is 3.73. The van der Waals surface area contributed by atoms with Gasteiger partial charge in [-0.15, -0.1) is 10.2 Å². The number of fused-ring (bicyclic) bond motifs is 1. The lowest BCUT2D eigenvalue weighted by Crippen LogP contribution is -2.15. The van der Waals surface area contributed by atoms with Crippen molar-refractivity contribution in [2.24, 2.45) is 0 Å². The number of hydrogen-bond acceptors (Lipinski definition) is 4. The summed E-state index contributed by atoms with van der Waals surface area (Å²) < 4.78 is 2.20. The zero-order valence-electron chi connectivity index (χ0n) is 17.0. The molecule has 0 unspecified atom stereocenters. The third-order valence-corrected chi connectivity index (χ3v) is 6.19. The number of hydrogen-bond donors (Lipinski definition) is 2. The fraction of sp³-hybridized carbons (Fsp3) is 0.261. The van der Waals surface area contributed by atoms with Gasteiger partial charge in [0.05, 0.1) is 5.75 Å². The number of para-hydroxylation sites is 1. The molecule has 0 radical (unpaired) electrons. The number of aryl methyl sites for hydroxylation is 2. The quantitative estimate of drug-likeness (QED) is 0.428. The standard InChI is InChI=1S/C23H23N5OS/c1-14-9-15(2)11-16(10-14)25-21(29)13-30-23-27-26-22(28(23)17-7-8-17)19-12-24-20-6-4-3-5-18(19)20/h3-6,9-12,17,24H,7-8,13H2,1-2H3,(H,25,29). The van der Waals surface area contributed by atoms with E-state index < -0.39 is 0 Å². The summed E-state index contributed by atoms with van der Waals surface area (Å²) in [7, 11) is 0. The number of nitrogens with zero attached hydrogens (tertiary/aromatic N) is 3. The van der Waals surface area contributed by atoms with E-state index in [4.69, 9.17) is 0 Å². The van der Waals surface area contributed by atoms with Gasteiger partial charge in [0.1, 0.15) is 0 Å². The molecule has 0 bridgehead atoms. The molecule has 0 atom stereocenters.